The molecule has 2 heterocycles. The van der Waals surface area contributed by atoms with E-state index in [1.165, 1.54) is 37.7 Å². The van der Waals surface area contributed by atoms with Gasteiger partial charge in [-0.05, 0) is 43.7 Å². The minimum absolute atomic E-state index is 0.366. The van der Waals surface area contributed by atoms with Gasteiger partial charge in [0.05, 0.1) is 0 Å². The largest absolute Gasteiger partial charge is 0.343 e. The maximum Gasteiger partial charge on any atom is 0.222 e. The zero-order valence-corrected chi connectivity index (χ0v) is 11.7. The highest BCUT2D eigenvalue weighted by atomic mass is 16.2. The van der Waals surface area contributed by atoms with E-state index >= 15 is 0 Å². The summed E-state index contributed by atoms with van der Waals surface area (Å²) in [7, 11) is 0. The van der Waals surface area contributed by atoms with Crippen LogP contribution in [0.25, 0.3) is 0 Å². The molecule has 2 rings (SSSR count). The van der Waals surface area contributed by atoms with Crippen molar-refractivity contribution in [3.8, 4) is 0 Å². The molecule has 0 aromatic carbocycles. The average molecular weight is 260 g/mol. The van der Waals surface area contributed by atoms with Crippen molar-refractivity contribution >= 4 is 5.91 Å². The molecule has 3 heteroatoms. The zero-order valence-electron chi connectivity index (χ0n) is 11.7. The Kier molecular flexibility index (Phi) is 5.86. The molecule has 0 radical (unpaired) electrons. The highest BCUT2D eigenvalue weighted by molar-refractivity contribution is 5.76. The molecular formula is C16H24N2O. The van der Waals surface area contributed by atoms with Crippen LogP contribution in [-0.2, 0) is 11.2 Å². The lowest BCUT2D eigenvalue weighted by Crippen LogP contribution is -2.27. The molecule has 0 aliphatic carbocycles. The molecule has 3 nitrogen and oxygen atoms in total. The molecule has 0 unspecified atom stereocenters. The molecule has 104 valence electrons. The quantitative estimate of drug-likeness (QED) is 0.705. The van der Waals surface area contributed by atoms with Crippen LogP contribution in [0.2, 0.25) is 0 Å². The Hall–Kier alpha value is -1.38. The Morgan fingerprint density at radius 3 is 2.68 bits per heavy atom. The Labute approximate surface area is 116 Å². The molecule has 0 N–H and O–H groups in total. The average Bonchev–Trinajstić information content (AvgIpc) is 2.98. The standard InChI is InChI=1S/C16H24N2O/c19-16(18-12-5-6-13-18)10-4-2-1-3-8-15-9-7-11-17-14-15/h7,9,11,14H,1-6,8,10,12-13H2. The molecule has 1 aromatic rings. The Morgan fingerprint density at radius 1 is 1.16 bits per heavy atom. The molecule has 1 aromatic heterocycles. The van der Waals surface area contributed by atoms with Crippen molar-refractivity contribution in [1.82, 2.24) is 9.88 Å². The second-order valence-electron chi connectivity index (χ2n) is 5.36. The van der Waals surface area contributed by atoms with Crippen LogP contribution in [0.3, 0.4) is 0 Å². The molecule has 19 heavy (non-hydrogen) atoms. The minimum atomic E-state index is 0.366. The van der Waals surface area contributed by atoms with Crippen molar-refractivity contribution in [1.29, 1.82) is 0 Å². The number of unbranched alkanes of at least 4 members (excludes halogenated alkanes) is 3. The van der Waals surface area contributed by atoms with Crippen molar-refractivity contribution in [3.05, 3.63) is 30.1 Å². The molecule has 0 bridgehead atoms. The van der Waals surface area contributed by atoms with Crippen molar-refractivity contribution in [2.45, 2.75) is 51.4 Å². The second-order valence-corrected chi connectivity index (χ2v) is 5.36. The molecule has 0 saturated carbocycles. The number of nitrogens with zero attached hydrogens (tertiary/aromatic N) is 2. The van der Waals surface area contributed by atoms with Gasteiger partial charge in [0.15, 0.2) is 0 Å². The van der Waals surface area contributed by atoms with Gasteiger partial charge in [0.1, 0.15) is 0 Å². The summed E-state index contributed by atoms with van der Waals surface area (Å²) in [5.41, 5.74) is 1.32. The second kappa shape index (κ2) is 7.93. The monoisotopic (exact) mass is 260 g/mol. The Bertz CT molecular complexity index is 372. The zero-order chi connectivity index (χ0) is 13.3. The summed E-state index contributed by atoms with van der Waals surface area (Å²) in [4.78, 5) is 18.0. The van der Waals surface area contributed by atoms with E-state index in [9.17, 15) is 4.79 Å². The third kappa shape index (κ3) is 5.01. The van der Waals surface area contributed by atoms with E-state index in [1.807, 2.05) is 23.4 Å². The van der Waals surface area contributed by atoms with Crippen LogP contribution in [0.15, 0.2) is 24.5 Å². The van der Waals surface area contributed by atoms with Gasteiger partial charge in [0.25, 0.3) is 0 Å². The molecule has 1 saturated heterocycles. The maximum atomic E-state index is 11.8. The van der Waals surface area contributed by atoms with Gasteiger partial charge in [-0.3, -0.25) is 9.78 Å². The maximum absolute atomic E-state index is 11.8. The van der Waals surface area contributed by atoms with Crippen LogP contribution in [0.5, 0.6) is 0 Å². The van der Waals surface area contributed by atoms with Gasteiger partial charge < -0.3 is 4.90 Å². The first-order valence-corrected chi connectivity index (χ1v) is 7.53. The summed E-state index contributed by atoms with van der Waals surface area (Å²) in [5, 5.41) is 0. The summed E-state index contributed by atoms with van der Waals surface area (Å²) in [6, 6.07) is 4.12. The first-order valence-electron chi connectivity index (χ1n) is 7.53. The summed E-state index contributed by atoms with van der Waals surface area (Å²) >= 11 is 0. The van der Waals surface area contributed by atoms with Gasteiger partial charge >= 0.3 is 0 Å². The number of carbonyl (C=O) groups excluding carboxylic acids is 1. The molecule has 1 fully saturated rings. The number of hydrogen-bond donors (Lipinski definition) is 0. The van der Waals surface area contributed by atoms with E-state index < -0.39 is 0 Å². The van der Waals surface area contributed by atoms with Gasteiger partial charge in [-0.15, -0.1) is 0 Å². The van der Waals surface area contributed by atoms with E-state index in [2.05, 4.69) is 11.1 Å². The number of carbonyl (C=O) groups is 1. The van der Waals surface area contributed by atoms with E-state index in [-0.39, 0.29) is 0 Å². The predicted molar refractivity (Wildman–Crippen MR) is 76.8 cm³/mol. The fraction of sp³-hybridized carbons (Fsp3) is 0.625. The first kappa shape index (κ1) is 14.0. The molecule has 1 amide bonds. The molecule has 1 aliphatic rings. The summed E-state index contributed by atoms with van der Waals surface area (Å²) in [6.07, 6.45) is 12.6. The third-order valence-electron chi connectivity index (χ3n) is 3.79. The lowest BCUT2D eigenvalue weighted by molar-refractivity contribution is -0.130. The van der Waals surface area contributed by atoms with Crippen LogP contribution in [-0.4, -0.2) is 28.9 Å². The van der Waals surface area contributed by atoms with E-state index in [1.54, 1.807) is 0 Å². The van der Waals surface area contributed by atoms with Crippen molar-refractivity contribution < 1.29 is 4.79 Å². The van der Waals surface area contributed by atoms with Gasteiger partial charge in [-0.25, -0.2) is 0 Å². The normalized spacial score (nSPS) is 14.8. The number of likely N-dealkylation sites (tertiary alicyclic amines) is 1. The topological polar surface area (TPSA) is 33.2 Å². The van der Waals surface area contributed by atoms with Gasteiger partial charge in [0, 0.05) is 31.9 Å². The van der Waals surface area contributed by atoms with E-state index in [0.717, 1.165) is 32.4 Å². The summed E-state index contributed by atoms with van der Waals surface area (Å²) in [5.74, 6) is 0.366. The van der Waals surface area contributed by atoms with Crippen LogP contribution in [0.4, 0.5) is 0 Å². The summed E-state index contributed by atoms with van der Waals surface area (Å²) < 4.78 is 0. The van der Waals surface area contributed by atoms with Crippen LogP contribution in [0, 0.1) is 0 Å². The molecule has 1 aliphatic heterocycles. The third-order valence-corrected chi connectivity index (χ3v) is 3.79. The number of rotatable bonds is 7. The molecule has 0 spiro atoms. The number of aromatic nitrogens is 1. The minimum Gasteiger partial charge on any atom is -0.343 e. The fourth-order valence-corrected chi connectivity index (χ4v) is 2.63. The number of pyridine rings is 1. The molecule has 0 atom stereocenters. The Balaban J connectivity index is 1.49. The van der Waals surface area contributed by atoms with E-state index in [4.69, 9.17) is 0 Å². The van der Waals surface area contributed by atoms with Crippen molar-refractivity contribution in [2.24, 2.45) is 0 Å². The number of amides is 1. The van der Waals surface area contributed by atoms with Crippen LogP contribution >= 0.6 is 0 Å². The number of aryl methyl sites for hydroxylation is 1. The predicted octanol–water partition coefficient (Wildman–Crippen LogP) is 3.20. The highest BCUT2D eigenvalue weighted by Gasteiger charge is 2.16. The van der Waals surface area contributed by atoms with E-state index in [0.29, 0.717) is 5.91 Å². The van der Waals surface area contributed by atoms with Crippen molar-refractivity contribution in [2.75, 3.05) is 13.1 Å². The van der Waals surface area contributed by atoms with Crippen LogP contribution in [0.1, 0.15) is 50.5 Å². The van der Waals surface area contributed by atoms with Gasteiger partial charge in [0.2, 0.25) is 5.91 Å². The van der Waals surface area contributed by atoms with Crippen molar-refractivity contribution in [3.63, 3.8) is 0 Å². The lowest BCUT2D eigenvalue weighted by Gasteiger charge is -2.14. The Morgan fingerprint density at radius 2 is 1.95 bits per heavy atom. The fourth-order valence-electron chi connectivity index (χ4n) is 2.63. The van der Waals surface area contributed by atoms with Crippen LogP contribution < -0.4 is 0 Å². The highest BCUT2D eigenvalue weighted by Crippen LogP contribution is 2.12. The SMILES string of the molecule is O=C(CCCCCCc1cccnc1)N1CCCC1. The summed E-state index contributed by atoms with van der Waals surface area (Å²) in [6.45, 7) is 1.97. The first-order chi connectivity index (χ1) is 9.36. The lowest BCUT2D eigenvalue weighted by atomic mass is 10.1. The number of hydrogen-bond acceptors (Lipinski definition) is 2. The van der Waals surface area contributed by atoms with Gasteiger partial charge in [-0.2, -0.15) is 0 Å². The molecular weight excluding hydrogens is 236 g/mol. The van der Waals surface area contributed by atoms with Gasteiger partial charge in [-0.1, -0.05) is 18.9 Å². The smallest absolute Gasteiger partial charge is 0.222 e.